The average molecular weight is 400 g/mol. The Labute approximate surface area is 171 Å². The highest BCUT2D eigenvalue weighted by Gasteiger charge is 2.28. The van der Waals surface area contributed by atoms with Gasteiger partial charge in [-0.1, -0.05) is 12.1 Å². The molecule has 1 saturated carbocycles. The second kappa shape index (κ2) is 9.52. The van der Waals surface area contributed by atoms with Crippen molar-refractivity contribution in [2.45, 2.75) is 31.7 Å². The van der Waals surface area contributed by atoms with Crippen molar-refractivity contribution in [2.24, 2.45) is 5.73 Å². The number of benzene rings is 2. The van der Waals surface area contributed by atoms with Crippen molar-refractivity contribution in [2.75, 3.05) is 27.9 Å². The van der Waals surface area contributed by atoms with Gasteiger partial charge in [0, 0.05) is 12.1 Å². The van der Waals surface area contributed by atoms with E-state index in [0.717, 1.165) is 31.2 Å². The van der Waals surface area contributed by atoms with Crippen molar-refractivity contribution in [3.63, 3.8) is 0 Å². The van der Waals surface area contributed by atoms with E-state index in [1.54, 1.807) is 6.07 Å². The zero-order chi connectivity index (χ0) is 20.8. The van der Waals surface area contributed by atoms with E-state index in [4.69, 9.17) is 24.7 Å². The number of carbonyl (C=O) groups is 1. The van der Waals surface area contributed by atoms with Gasteiger partial charge < -0.3 is 30.0 Å². The maximum absolute atomic E-state index is 12.9. The topological polar surface area (TPSA) is 92.0 Å². The quantitative estimate of drug-likeness (QED) is 0.671. The van der Waals surface area contributed by atoms with Gasteiger partial charge in [0.05, 0.1) is 26.9 Å². The van der Waals surface area contributed by atoms with E-state index in [1.807, 2.05) is 24.3 Å². The second-order valence-corrected chi connectivity index (χ2v) is 6.91. The molecule has 2 aromatic rings. The van der Waals surface area contributed by atoms with Gasteiger partial charge in [0.1, 0.15) is 5.75 Å². The molecule has 1 fully saturated rings. The minimum absolute atomic E-state index is 0.194. The third-order valence-corrected chi connectivity index (χ3v) is 5.04. The summed E-state index contributed by atoms with van der Waals surface area (Å²) in [5, 5.41) is 3.03. The van der Waals surface area contributed by atoms with Gasteiger partial charge in [-0.3, -0.25) is 4.79 Å². The maximum Gasteiger partial charge on any atom is 0.255 e. The summed E-state index contributed by atoms with van der Waals surface area (Å²) in [5.74, 6) is 1.74. The summed E-state index contributed by atoms with van der Waals surface area (Å²) < 4.78 is 22.5. The fourth-order valence-electron chi connectivity index (χ4n) is 3.26. The van der Waals surface area contributed by atoms with Crippen LogP contribution in [0.3, 0.4) is 0 Å². The molecule has 156 valence electrons. The molecule has 3 N–H and O–H groups in total. The number of nitrogens with one attached hydrogen (secondary N) is 1. The summed E-state index contributed by atoms with van der Waals surface area (Å²) in [5.41, 5.74) is 7.07. The number of methoxy groups -OCH3 is 3. The molecule has 7 nitrogen and oxygen atoms in total. The molecule has 7 heteroatoms. The molecule has 0 spiro atoms. The zero-order valence-corrected chi connectivity index (χ0v) is 17.1. The number of rotatable bonds is 9. The highest BCUT2D eigenvalue weighted by atomic mass is 16.5. The van der Waals surface area contributed by atoms with E-state index in [0.29, 0.717) is 40.9 Å². The van der Waals surface area contributed by atoms with Gasteiger partial charge >= 0.3 is 0 Å². The van der Waals surface area contributed by atoms with Gasteiger partial charge in [0.2, 0.25) is 11.5 Å². The lowest BCUT2D eigenvalue weighted by Gasteiger charge is -2.27. The van der Waals surface area contributed by atoms with Crippen LogP contribution >= 0.6 is 0 Å². The van der Waals surface area contributed by atoms with Gasteiger partial charge in [-0.2, -0.15) is 0 Å². The number of ether oxygens (including phenoxy) is 4. The summed E-state index contributed by atoms with van der Waals surface area (Å²) in [7, 11) is 4.51. The first-order valence-corrected chi connectivity index (χ1v) is 9.72. The molecular weight excluding hydrogens is 372 g/mol. The lowest BCUT2D eigenvalue weighted by Crippen LogP contribution is -2.39. The highest BCUT2D eigenvalue weighted by Crippen LogP contribution is 2.48. The van der Waals surface area contributed by atoms with E-state index in [1.165, 1.54) is 21.3 Å². The molecule has 29 heavy (non-hydrogen) atoms. The standard InChI is InChI=1S/C22H28N2O5/c1-26-19-17(22(25)24-15-5-4-6-15)13-18(20(27-2)21(19)28-3)29-16-9-7-14(8-10-16)11-12-23/h7-10,13,15H,4-6,11-12,23H2,1-3H3,(H,24,25). The van der Waals surface area contributed by atoms with Crippen LogP contribution in [0.4, 0.5) is 0 Å². The molecule has 0 atom stereocenters. The fourth-order valence-corrected chi connectivity index (χ4v) is 3.26. The summed E-state index contributed by atoms with van der Waals surface area (Å²) in [6.07, 6.45) is 3.90. The van der Waals surface area contributed by atoms with Gasteiger partial charge in [-0.25, -0.2) is 0 Å². The van der Waals surface area contributed by atoms with Crippen molar-refractivity contribution in [1.82, 2.24) is 5.32 Å². The normalized spacial score (nSPS) is 13.4. The number of hydrogen-bond donors (Lipinski definition) is 2. The molecule has 0 aliphatic heterocycles. The van der Waals surface area contributed by atoms with E-state index >= 15 is 0 Å². The minimum Gasteiger partial charge on any atom is -0.492 e. The molecule has 3 rings (SSSR count). The SMILES string of the molecule is COc1c(Oc2ccc(CCN)cc2)cc(C(=O)NC2CCC2)c(OC)c1OC. The van der Waals surface area contributed by atoms with E-state index in [2.05, 4.69) is 5.32 Å². The van der Waals surface area contributed by atoms with Crippen molar-refractivity contribution in [3.8, 4) is 28.7 Å². The molecule has 0 saturated heterocycles. The Morgan fingerprint density at radius 1 is 1.03 bits per heavy atom. The van der Waals surface area contributed by atoms with Crippen LogP contribution in [0.1, 0.15) is 35.2 Å². The van der Waals surface area contributed by atoms with Crippen molar-refractivity contribution >= 4 is 5.91 Å². The van der Waals surface area contributed by atoms with Crippen LogP contribution in [-0.4, -0.2) is 39.8 Å². The first-order chi connectivity index (χ1) is 14.1. The molecule has 0 bridgehead atoms. The smallest absolute Gasteiger partial charge is 0.255 e. The maximum atomic E-state index is 12.9. The Hall–Kier alpha value is -2.93. The summed E-state index contributed by atoms with van der Waals surface area (Å²) in [6.45, 7) is 0.586. The van der Waals surface area contributed by atoms with Crippen LogP contribution in [0, 0.1) is 0 Å². The zero-order valence-electron chi connectivity index (χ0n) is 17.1. The number of hydrogen-bond acceptors (Lipinski definition) is 6. The molecule has 0 unspecified atom stereocenters. The first kappa shape index (κ1) is 20.8. The predicted molar refractivity (Wildman–Crippen MR) is 110 cm³/mol. The summed E-state index contributed by atoms with van der Waals surface area (Å²) in [6, 6.07) is 9.45. The van der Waals surface area contributed by atoms with Crippen LogP contribution in [0.5, 0.6) is 28.7 Å². The Morgan fingerprint density at radius 3 is 2.21 bits per heavy atom. The number of nitrogens with two attached hydrogens (primary N) is 1. The third kappa shape index (κ3) is 4.56. The van der Waals surface area contributed by atoms with Crippen LogP contribution in [0.15, 0.2) is 30.3 Å². The van der Waals surface area contributed by atoms with E-state index < -0.39 is 0 Å². The molecule has 2 aromatic carbocycles. The number of carbonyl (C=O) groups excluding carboxylic acids is 1. The van der Waals surface area contributed by atoms with Crippen LogP contribution in [-0.2, 0) is 6.42 Å². The number of amides is 1. The monoisotopic (exact) mass is 400 g/mol. The van der Waals surface area contributed by atoms with Crippen molar-refractivity contribution in [3.05, 3.63) is 41.5 Å². The molecule has 0 radical (unpaired) electrons. The van der Waals surface area contributed by atoms with Crippen LogP contribution in [0.25, 0.3) is 0 Å². The van der Waals surface area contributed by atoms with Crippen LogP contribution < -0.4 is 30.0 Å². The van der Waals surface area contributed by atoms with Gasteiger partial charge in [-0.15, -0.1) is 0 Å². The minimum atomic E-state index is -0.226. The lowest BCUT2D eigenvalue weighted by atomic mass is 9.93. The summed E-state index contributed by atoms with van der Waals surface area (Å²) in [4.78, 5) is 12.9. The van der Waals surface area contributed by atoms with Crippen molar-refractivity contribution < 1.29 is 23.7 Å². The Morgan fingerprint density at radius 2 is 1.69 bits per heavy atom. The molecular formula is C22H28N2O5. The highest BCUT2D eigenvalue weighted by molar-refractivity contribution is 5.99. The first-order valence-electron chi connectivity index (χ1n) is 9.72. The Bertz CT molecular complexity index is 847. The Kier molecular flexibility index (Phi) is 6.82. The summed E-state index contributed by atoms with van der Waals surface area (Å²) >= 11 is 0. The average Bonchev–Trinajstić information content (AvgIpc) is 2.71. The van der Waals surface area contributed by atoms with Gasteiger partial charge in [-0.05, 0) is 49.9 Å². The van der Waals surface area contributed by atoms with Crippen molar-refractivity contribution in [1.29, 1.82) is 0 Å². The lowest BCUT2D eigenvalue weighted by molar-refractivity contribution is 0.0912. The fraction of sp³-hybridized carbons (Fsp3) is 0.409. The van der Waals surface area contributed by atoms with Gasteiger partial charge in [0.25, 0.3) is 5.91 Å². The van der Waals surface area contributed by atoms with Gasteiger partial charge in [0.15, 0.2) is 11.5 Å². The molecule has 0 heterocycles. The largest absolute Gasteiger partial charge is 0.492 e. The van der Waals surface area contributed by atoms with E-state index in [9.17, 15) is 4.79 Å². The molecule has 1 aliphatic carbocycles. The second-order valence-electron chi connectivity index (χ2n) is 6.91. The van der Waals surface area contributed by atoms with E-state index in [-0.39, 0.29) is 11.9 Å². The predicted octanol–water partition coefficient (Wildman–Crippen LogP) is 3.29. The molecule has 0 aromatic heterocycles. The van der Waals surface area contributed by atoms with Crippen LogP contribution in [0.2, 0.25) is 0 Å². The third-order valence-electron chi connectivity index (χ3n) is 5.04. The molecule has 1 amide bonds. The molecule has 1 aliphatic rings. The Balaban J connectivity index is 1.97.